The molecule has 1 N–H and O–H groups in total. The lowest BCUT2D eigenvalue weighted by Gasteiger charge is -2.34. The van der Waals surface area contributed by atoms with Gasteiger partial charge in [0.15, 0.2) is 0 Å². The Labute approximate surface area is 135 Å². The lowest BCUT2D eigenvalue weighted by molar-refractivity contribution is 0.103. The van der Waals surface area contributed by atoms with E-state index in [0.29, 0.717) is 0 Å². The number of rotatable bonds is 3. The summed E-state index contributed by atoms with van der Waals surface area (Å²) in [5, 5.41) is 4.95. The summed E-state index contributed by atoms with van der Waals surface area (Å²) in [5.41, 5.74) is 3.16. The predicted molar refractivity (Wildman–Crippen MR) is 93.2 cm³/mol. The number of aryl methyl sites for hydroxylation is 1. The Morgan fingerprint density at radius 2 is 1.95 bits per heavy atom. The van der Waals surface area contributed by atoms with Crippen molar-refractivity contribution in [3.63, 3.8) is 0 Å². The zero-order chi connectivity index (χ0) is 15.5. The lowest BCUT2D eigenvalue weighted by atomic mass is 10.1. The second-order valence-corrected chi connectivity index (χ2v) is 6.67. The monoisotopic (exact) mass is 315 g/mol. The smallest absolute Gasteiger partial charge is 0.265 e. The van der Waals surface area contributed by atoms with Gasteiger partial charge in [0.25, 0.3) is 5.91 Å². The Hall–Kier alpha value is -1.85. The molecular weight excluding hydrogens is 294 g/mol. The van der Waals surface area contributed by atoms with Crippen LogP contribution in [0.25, 0.3) is 0 Å². The Bertz CT molecular complexity index is 646. The maximum Gasteiger partial charge on any atom is 0.265 e. The number of nitrogens with zero attached hydrogens (tertiary/aromatic N) is 2. The third kappa shape index (κ3) is 3.31. The van der Waals surface area contributed by atoms with Crippen LogP contribution in [0.2, 0.25) is 0 Å². The van der Waals surface area contributed by atoms with Gasteiger partial charge in [-0.3, -0.25) is 4.79 Å². The molecule has 1 aliphatic heterocycles. The molecule has 4 nitrogen and oxygen atoms in total. The van der Waals surface area contributed by atoms with Gasteiger partial charge < -0.3 is 15.1 Å². The van der Waals surface area contributed by atoms with Gasteiger partial charge in [-0.15, -0.1) is 11.3 Å². The van der Waals surface area contributed by atoms with Crippen LogP contribution in [0.1, 0.15) is 15.2 Å². The van der Waals surface area contributed by atoms with Gasteiger partial charge in [0.1, 0.15) is 0 Å². The van der Waals surface area contributed by atoms with E-state index in [1.165, 1.54) is 17.0 Å². The van der Waals surface area contributed by atoms with Gasteiger partial charge in [-0.2, -0.15) is 0 Å². The molecule has 0 bridgehead atoms. The van der Waals surface area contributed by atoms with Crippen molar-refractivity contribution in [1.29, 1.82) is 0 Å². The van der Waals surface area contributed by atoms with E-state index in [4.69, 9.17) is 0 Å². The van der Waals surface area contributed by atoms with E-state index in [2.05, 4.69) is 40.4 Å². The number of anilines is 2. The normalized spacial score (nSPS) is 15.8. The predicted octanol–water partition coefficient (Wildman–Crippen LogP) is 3.06. The largest absolute Gasteiger partial charge is 0.369 e. The van der Waals surface area contributed by atoms with Crippen molar-refractivity contribution >= 4 is 28.6 Å². The molecule has 2 heterocycles. The Morgan fingerprint density at radius 1 is 1.18 bits per heavy atom. The molecule has 0 spiro atoms. The van der Waals surface area contributed by atoms with Crippen molar-refractivity contribution < 1.29 is 4.79 Å². The van der Waals surface area contributed by atoms with Crippen LogP contribution >= 0.6 is 11.3 Å². The van der Waals surface area contributed by atoms with Crippen molar-refractivity contribution in [1.82, 2.24) is 4.90 Å². The molecule has 22 heavy (non-hydrogen) atoms. The molecule has 2 aromatic rings. The first-order valence-corrected chi connectivity index (χ1v) is 8.40. The van der Waals surface area contributed by atoms with E-state index in [1.807, 2.05) is 24.4 Å². The molecule has 1 saturated heterocycles. The Balaban J connectivity index is 1.76. The standard InChI is InChI=1S/C17H21N3OS/c1-13-5-6-14(20-9-7-19(2)8-10-20)12-15(13)18-17(21)16-4-3-11-22-16/h3-6,11-12H,7-10H2,1-2H3,(H,18,21). The maximum absolute atomic E-state index is 12.2. The highest BCUT2D eigenvalue weighted by Gasteiger charge is 2.16. The maximum atomic E-state index is 12.2. The van der Waals surface area contributed by atoms with E-state index < -0.39 is 0 Å². The molecular formula is C17H21N3OS. The summed E-state index contributed by atoms with van der Waals surface area (Å²) in [7, 11) is 2.15. The first-order valence-electron chi connectivity index (χ1n) is 7.52. The minimum atomic E-state index is -0.0337. The van der Waals surface area contributed by atoms with Crippen molar-refractivity contribution in [2.45, 2.75) is 6.92 Å². The summed E-state index contributed by atoms with van der Waals surface area (Å²) in [4.78, 5) is 17.7. The fourth-order valence-electron chi connectivity index (χ4n) is 2.60. The van der Waals surface area contributed by atoms with Crippen molar-refractivity contribution in [3.05, 3.63) is 46.2 Å². The Kier molecular flexibility index (Phi) is 4.45. The van der Waals surface area contributed by atoms with Gasteiger partial charge in [0, 0.05) is 37.6 Å². The second kappa shape index (κ2) is 6.50. The molecule has 1 aliphatic rings. The molecule has 3 rings (SSSR count). The third-order valence-electron chi connectivity index (χ3n) is 4.08. The second-order valence-electron chi connectivity index (χ2n) is 5.72. The molecule has 0 radical (unpaired) electrons. The van der Waals surface area contributed by atoms with Gasteiger partial charge in [-0.05, 0) is 43.1 Å². The minimum Gasteiger partial charge on any atom is -0.369 e. The van der Waals surface area contributed by atoms with E-state index >= 15 is 0 Å². The number of likely N-dealkylation sites (N-methyl/N-ethyl adjacent to an activating group) is 1. The average Bonchev–Trinajstić information content (AvgIpc) is 3.05. The molecule has 0 atom stereocenters. The summed E-state index contributed by atoms with van der Waals surface area (Å²) < 4.78 is 0. The number of carbonyl (C=O) groups excluding carboxylic acids is 1. The summed E-state index contributed by atoms with van der Waals surface area (Å²) in [5.74, 6) is -0.0337. The number of piperazine rings is 1. The molecule has 116 valence electrons. The molecule has 1 aromatic carbocycles. The molecule has 0 saturated carbocycles. The van der Waals surface area contributed by atoms with Crippen LogP contribution in [-0.4, -0.2) is 44.0 Å². The zero-order valence-electron chi connectivity index (χ0n) is 13.0. The number of hydrogen-bond acceptors (Lipinski definition) is 4. The number of amides is 1. The lowest BCUT2D eigenvalue weighted by Crippen LogP contribution is -2.44. The fraction of sp³-hybridized carbons (Fsp3) is 0.353. The van der Waals surface area contributed by atoms with Crippen LogP contribution in [-0.2, 0) is 0 Å². The third-order valence-corrected chi connectivity index (χ3v) is 4.95. The highest BCUT2D eigenvalue weighted by molar-refractivity contribution is 7.12. The topological polar surface area (TPSA) is 35.6 Å². The van der Waals surface area contributed by atoms with Crippen molar-refractivity contribution in [2.24, 2.45) is 0 Å². The first-order chi connectivity index (χ1) is 10.6. The number of benzene rings is 1. The van der Waals surface area contributed by atoms with E-state index in [9.17, 15) is 4.79 Å². The molecule has 1 amide bonds. The molecule has 1 fully saturated rings. The fourth-order valence-corrected chi connectivity index (χ4v) is 3.22. The van der Waals surface area contributed by atoms with Gasteiger partial charge in [-0.1, -0.05) is 12.1 Å². The van der Waals surface area contributed by atoms with Crippen LogP contribution in [0.4, 0.5) is 11.4 Å². The van der Waals surface area contributed by atoms with Gasteiger partial charge in [0.2, 0.25) is 0 Å². The van der Waals surface area contributed by atoms with Gasteiger partial charge in [0.05, 0.1) is 4.88 Å². The van der Waals surface area contributed by atoms with Crippen LogP contribution in [0, 0.1) is 6.92 Å². The molecule has 0 unspecified atom stereocenters. The summed E-state index contributed by atoms with van der Waals surface area (Å²) in [6.45, 7) is 6.23. The summed E-state index contributed by atoms with van der Waals surface area (Å²) in [6.07, 6.45) is 0. The minimum absolute atomic E-state index is 0.0337. The SMILES string of the molecule is Cc1ccc(N2CCN(C)CC2)cc1NC(=O)c1cccs1. The first kappa shape index (κ1) is 15.1. The number of nitrogens with one attached hydrogen (secondary N) is 1. The molecule has 5 heteroatoms. The molecule has 0 aliphatic carbocycles. The quantitative estimate of drug-likeness (QED) is 0.945. The highest BCUT2D eigenvalue weighted by atomic mass is 32.1. The Morgan fingerprint density at radius 3 is 2.64 bits per heavy atom. The van der Waals surface area contributed by atoms with Gasteiger partial charge >= 0.3 is 0 Å². The van der Waals surface area contributed by atoms with E-state index in [1.54, 1.807) is 0 Å². The summed E-state index contributed by atoms with van der Waals surface area (Å²) >= 11 is 1.46. The van der Waals surface area contributed by atoms with Crippen LogP contribution in [0.5, 0.6) is 0 Å². The number of thiophene rings is 1. The van der Waals surface area contributed by atoms with Crippen molar-refractivity contribution in [2.75, 3.05) is 43.4 Å². The van der Waals surface area contributed by atoms with Crippen molar-refractivity contribution in [3.8, 4) is 0 Å². The number of hydrogen-bond donors (Lipinski definition) is 1. The number of carbonyl (C=O) groups is 1. The van der Waals surface area contributed by atoms with Crippen LogP contribution in [0.3, 0.4) is 0 Å². The summed E-state index contributed by atoms with van der Waals surface area (Å²) in [6, 6.07) is 10.1. The van der Waals surface area contributed by atoms with Crippen LogP contribution in [0.15, 0.2) is 35.7 Å². The van der Waals surface area contributed by atoms with E-state index in [0.717, 1.165) is 42.3 Å². The van der Waals surface area contributed by atoms with Crippen LogP contribution < -0.4 is 10.2 Å². The van der Waals surface area contributed by atoms with Gasteiger partial charge in [-0.25, -0.2) is 0 Å². The average molecular weight is 315 g/mol. The highest BCUT2D eigenvalue weighted by Crippen LogP contribution is 2.25. The van der Waals surface area contributed by atoms with E-state index in [-0.39, 0.29) is 5.91 Å². The zero-order valence-corrected chi connectivity index (χ0v) is 13.8. The molecule has 1 aromatic heterocycles.